The molecule has 1 fully saturated rings. The molecule has 4 N–H and O–H groups in total. The fraction of sp³-hybridized carbons (Fsp3) is 0.267. The smallest absolute Gasteiger partial charge is 0.323 e. The molecule has 0 unspecified atom stereocenters. The minimum atomic E-state index is -0.250. The number of nitrogens with one attached hydrogen (secondary N) is 4. The summed E-state index contributed by atoms with van der Waals surface area (Å²) in [4.78, 5) is 19.4. The molecule has 0 saturated carbocycles. The second-order valence-corrected chi connectivity index (χ2v) is 5.74. The van der Waals surface area contributed by atoms with Crippen LogP contribution in [-0.4, -0.2) is 43.7 Å². The van der Waals surface area contributed by atoms with E-state index in [1.54, 1.807) is 0 Å². The normalized spacial score (nSPS) is 14.8. The number of rotatable bonds is 4. The van der Waals surface area contributed by atoms with Gasteiger partial charge in [-0.05, 0) is 30.2 Å². The zero-order valence-corrected chi connectivity index (χ0v) is 13.2. The molecule has 0 atom stereocenters. The average molecular weight is 337 g/mol. The van der Waals surface area contributed by atoms with E-state index in [0.717, 1.165) is 42.8 Å². The second kappa shape index (κ2) is 6.12. The molecule has 2 aromatic heterocycles. The van der Waals surface area contributed by atoms with E-state index in [9.17, 15) is 10.1 Å². The van der Waals surface area contributed by atoms with Crippen LogP contribution in [0, 0.1) is 11.3 Å². The highest BCUT2D eigenvalue weighted by atomic mass is 16.1. The van der Waals surface area contributed by atoms with Crippen LogP contribution in [0.25, 0.3) is 16.6 Å². The first-order chi connectivity index (χ1) is 12.2. The number of allylic oxidation sites excluding steroid dienone is 1. The van der Waals surface area contributed by atoms with Crippen molar-refractivity contribution < 1.29 is 0 Å². The minimum Gasteiger partial charge on any atom is -0.370 e. The number of H-pyrrole nitrogens is 3. The zero-order valence-electron chi connectivity index (χ0n) is 13.2. The van der Waals surface area contributed by atoms with Crippen molar-refractivity contribution >= 4 is 28.0 Å². The highest BCUT2D eigenvalue weighted by Crippen LogP contribution is 2.32. The second-order valence-electron chi connectivity index (χ2n) is 5.74. The van der Waals surface area contributed by atoms with Crippen molar-refractivity contribution in [2.45, 2.75) is 12.8 Å². The zero-order chi connectivity index (χ0) is 17.2. The van der Waals surface area contributed by atoms with Crippen LogP contribution in [-0.2, 0) is 0 Å². The summed E-state index contributed by atoms with van der Waals surface area (Å²) >= 11 is 0. The third-order valence-electron chi connectivity index (χ3n) is 4.16. The largest absolute Gasteiger partial charge is 0.370 e. The summed E-state index contributed by atoms with van der Waals surface area (Å²) < 4.78 is 0. The van der Waals surface area contributed by atoms with Gasteiger partial charge in [-0.15, -0.1) is 10.2 Å². The highest BCUT2D eigenvalue weighted by molar-refractivity contribution is 5.89. The molecule has 0 bridgehead atoms. The molecule has 1 aliphatic heterocycles. The SMILES string of the molecule is N#CC(=CNc1cc2[nH]c(=O)[nH]c2cc1N1CCCC1)c1nn[nH]n1. The molecule has 1 aliphatic rings. The van der Waals surface area contributed by atoms with Gasteiger partial charge in [-0.25, -0.2) is 4.79 Å². The Kier molecular flexibility index (Phi) is 3.66. The molecule has 25 heavy (non-hydrogen) atoms. The Morgan fingerprint density at radius 2 is 2.04 bits per heavy atom. The maximum Gasteiger partial charge on any atom is 0.323 e. The molecule has 0 amide bonds. The number of imidazole rings is 1. The average Bonchev–Trinajstić information content (AvgIpc) is 3.35. The van der Waals surface area contributed by atoms with E-state index in [4.69, 9.17) is 0 Å². The topological polar surface area (TPSA) is 142 Å². The molecule has 3 aromatic rings. The van der Waals surface area contributed by atoms with Gasteiger partial charge in [-0.2, -0.15) is 10.5 Å². The number of hydrogen-bond acceptors (Lipinski definition) is 7. The molecular formula is C15H15N9O. The van der Waals surface area contributed by atoms with E-state index in [0.29, 0.717) is 5.52 Å². The molecule has 1 aromatic carbocycles. The molecular weight excluding hydrogens is 322 g/mol. The molecule has 10 heteroatoms. The standard InChI is InChI=1S/C15H15N9O/c16-7-9(14-20-22-23-21-14)8-17-12-5-10-11(19-15(25)18-10)6-13(12)24-3-1-2-4-24/h5-6,8,17H,1-4H2,(H2,18,19,25)(H,20,21,22,23). The lowest BCUT2D eigenvalue weighted by molar-refractivity contribution is 0.881. The van der Waals surface area contributed by atoms with Crippen LogP contribution in [0.4, 0.5) is 11.4 Å². The molecule has 3 heterocycles. The fourth-order valence-corrected chi connectivity index (χ4v) is 2.98. The van der Waals surface area contributed by atoms with E-state index in [2.05, 4.69) is 40.8 Å². The highest BCUT2D eigenvalue weighted by Gasteiger charge is 2.17. The Bertz CT molecular complexity index is 1020. The van der Waals surface area contributed by atoms with Gasteiger partial charge in [-0.3, -0.25) is 0 Å². The lowest BCUT2D eigenvalue weighted by Crippen LogP contribution is -2.18. The number of hydrogen-bond donors (Lipinski definition) is 4. The number of anilines is 2. The third-order valence-corrected chi connectivity index (χ3v) is 4.16. The van der Waals surface area contributed by atoms with Crippen LogP contribution in [0.15, 0.2) is 23.1 Å². The van der Waals surface area contributed by atoms with Gasteiger partial charge in [0.1, 0.15) is 11.6 Å². The number of aromatic nitrogens is 6. The summed E-state index contributed by atoms with van der Waals surface area (Å²) in [5.74, 6) is 0.217. The minimum absolute atomic E-state index is 0.217. The number of tetrazole rings is 1. The maximum atomic E-state index is 11.6. The van der Waals surface area contributed by atoms with Crippen molar-refractivity contribution in [3.05, 3.63) is 34.6 Å². The number of fused-ring (bicyclic) bond motifs is 1. The number of aromatic amines is 3. The monoisotopic (exact) mass is 337 g/mol. The summed E-state index contributed by atoms with van der Waals surface area (Å²) in [6.45, 7) is 1.91. The van der Waals surface area contributed by atoms with Crippen LogP contribution in [0.5, 0.6) is 0 Å². The number of nitrogens with zero attached hydrogens (tertiary/aromatic N) is 5. The van der Waals surface area contributed by atoms with Crippen molar-refractivity contribution in [3.63, 3.8) is 0 Å². The van der Waals surface area contributed by atoms with Gasteiger partial charge in [0.05, 0.1) is 22.4 Å². The predicted octanol–water partition coefficient (Wildman–Crippen LogP) is 0.946. The molecule has 126 valence electrons. The third kappa shape index (κ3) is 2.83. The van der Waals surface area contributed by atoms with Crippen molar-refractivity contribution in [3.8, 4) is 6.07 Å². The Hall–Kier alpha value is -3.61. The van der Waals surface area contributed by atoms with Gasteiger partial charge >= 0.3 is 5.69 Å². The van der Waals surface area contributed by atoms with Crippen LogP contribution in [0.1, 0.15) is 18.7 Å². The summed E-state index contributed by atoms with van der Waals surface area (Å²) in [6.07, 6.45) is 3.79. The van der Waals surface area contributed by atoms with E-state index in [1.165, 1.54) is 6.20 Å². The van der Waals surface area contributed by atoms with Gasteiger partial charge in [0.2, 0.25) is 5.82 Å². The van der Waals surface area contributed by atoms with E-state index < -0.39 is 0 Å². The van der Waals surface area contributed by atoms with E-state index in [-0.39, 0.29) is 17.1 Å². The molecule has 0 spiro atoms. The summed E-state index contributed by atoms with van der Waals surface area (Å²) in [7, 11) is 0. The molecule has 10 nitrogen and oxygen atoms in total. The van der Waals surface area contributed by atoms with Crippen LogP contribution < -0.4 is 15.9 Å². The van der Waals surface area contributed by atoms with Crippen molar-refractivity contribution in [2.75, 3.05) is 23.3 Å². The predicted molar refractivity (Wildman–Crippen MR) is 91.8 cm³/mol. The Labute approximate surface area is 141 Å². The quantitative estimate of drug-likeness (QED) is 0.519. The van der Waals surface area contributed by atoms with Crippen molar-refractivity contribution in [1.82, 2.24) is 30.6 Å². The van der Waals surface area contributed by atoms with Gasteiger partial charge in [0.25, 0.3) is 0 Å². The number of benzene rings is 1. The molecule has 0 aliphatic carbocycles. The maximum absolute atomic E-state index is 11.6. The Morgan fingerprint density at radius 1 is 1.28 bits per heavy atom. The van der Waals surface area contributed by atoms with Gasteiger partial charge in [0.15, 0.2) is 0 Å². The van der Waals surface area contributed by atoms with Gasteiger partial charge in [0, 0.05) is 19.3 Å². The van der Waals surface area contributed by atoms with Crippen LogP contribution >= 0.6 is 0 Å². The Balaban J connectivity index is 1.75. The summed E-state index contributed by atoms with van der Waals surface area (Å²) in [6, 6.07) is 5.83. The van der Waals surface area contributed by atoms with Gasteiger partial charge in [-0.1, -0.05) is 0 Å². The lowest BCUT2D eigenvalue weighted by Gasteiger charge is -2.21. The van der Waals surface area contributed by atoms with Gasteiger partial charge < -0.3 is 20.2 Å². The van der Waals surface area contributed by atoms with Crippen molar-refractivity contribution in [2.24, 2.45) is 0 Å². The molecule has 4 rings (SSSR count). The van der Waals surface area contributed by atoms with Crippen LogP contribution in [0.3, 0.4) is 0 Å². The van der Waals surface area contributed by atoms with Crippen LogP contribution in [0.2, 0.25) is 0 Å². The first-order valence-electron chi connectivity index (χ1n) is 7.86. The number of nitriles is 1. The summed E-state index contributed by atoms with van der Waals surface area (Å²) in [5, 5.41) is 25.8. The first kappa shape index (κ1) is 14.9. The molecule has 0 radical (unpaired) electrons. The Morgan fingerprint density at radius 3 is 2.72 bits per heavy atom. The fourth-order valence-electron chi connectivity index (χ4n) is 2.98. The molecule has 1 saturated heterocycles. The van der Waals surface area contributed by atoms with Crippen molar-refractivity contribution in [1.29, 1.82) is 5.26 Å². The van der Waals surface area contributed by atoms with E-state index >= 15 is 0 Å². The lowest BCUT2D eigenvalue weighted by atomic mass is 10.2. The summed E-state index contributed by atoms with van der Waals surface area (Å²) in [5.41, 5.74) is 3.22. The first-order valence-corrected chi connectivity index (χ1v) is 7.86. The van der Waals surface area contributed by atoms with E-state index in [1.807, 2.05) is 18.2 Å².